The third-order valence-electron chi connectivity index (χ3n) is 5.28. The Hall–Kier alpha value is -2.30. The zero-order valence-corrected chi connectivity index (χ0v) is 21.7. The van der Waals surface area contributed by atoms with Crippen LogP contribution in [0.4, 0.5) is 24.2 Å². The van der Waals surface area contributed by atoms with Crippen molar-refractivity contribution in [1.29, 1.82) is 0 Å². The first-order chi connectivity index (χ1) is 15.5. The molecule has 2 rings (SSSR count). The first-order valence-corrected chi connectivity index (χ1v) is 13.1. The van der Waals surface area contributed by atoms with E-state index in [1.54, 1.807) is 41.5 Å². The number of benzene rings is 1. The van der Waals surface area contributed by atoms with E-state index in [0.717, 1.165) is 6.08 Å². The molecule has 0 bridgehead atoms. The van der Waals surface area contributed by atoms with Gasteiger partial charge in [-0.05, 0) is 83.6 Å². The summed E-state index contributed by atoms with van der Waals surface area (Å²) in [4.78, 5) is 24.9. The molecule has 0 aliphatic carbocycles. The Balaban J connectivity index is 2.41. The smallest absolute Gasteiger partial charge is 0.410 e. The highest BCUT2D eigenvalue weighted by Gasteiger charge is 2.65. The quantitative estimate of drug-likeness (QED) is 0.280. The summed E-state index contributed by atoms with van der Waals surface area (Å²) in [5, 5.41) is 0. The number of likely N-dealkylation sites (tertiary alicyclic amines) is 1. The van der Waals surface area contributed by atoms with Crippen molar-refractivity contribution in [2.24, 2.45) is 11.8 Å². The van der Waals surface area contributed by atoms with E-state index in [-0.39, 0.29) is 30.6 Å². The molecule has 1 saturated heterocycles. The number of halogens is 5. The van der Waals surface area contributed by atoms with Crippen molar-refractivity contribution in [2.45, 2.75) is 70.5 Å². The van der Waals surface area contributed by atoms with Gasteiger partial charge in [0.15, 0.2) is 0 Å². The molecule has 0 unspecified atom stereocenters. The van der Waals surface area contributed by atoms with Crippen molar-refractivity contribution < 1.29 is 38.5 Å². The fourth-order valence-electron chi connectivity index (χ4n) is 3.83. The molecule has 1 amide bonds. The molecule has 1 aliphatic heterocycles. The van der Waals surface area contributed by atoms with Gasteiger partial charge in [-0.15, -0.1) is 0 Å². The van der Waals surface area contributed by atoms with Crippen LogP contribution >= 0.6 is 10.2 Å². The van der Waals surface area contributed by atoms with Gasteiger partial charge >= 0.3 is 22.3 Å². The van der Waals surface area contributed by atoms with E-state index in [1.165, 1.54) is 11.0 Å². The normalized spacial score (nSPS) is 20.0. The molecule has 0 N–H and O–H groups in total. The van der Waals surface area contributed by atoms with Crippen molar-refractivity contribution >= 4 is 28.4 Å². The van der Waals surface area contributed by atoms with Crippen LogP contribution in [0, 0.1) is 11.8 Å². The van der Waals surface area contributed by atoms with Crippen LogP contribution in [-0.2, 0) is 20.7 Å². The van der Waals surface area contributed by atoms with Gasteiger partial charge in [0.1, 0.15) is 16.1 Å². The van der Waals surface area contributed by atoms with Gasteiger partial charge in [0.05, 0.1) is 5.92 Å². The highest BCUT2D eigenvalue weighted by Crippen LogP contribution is 3.02. The van der Waals surface area contributed by atoms with E-state index in [4.69, 9.17) is 9.47 Å². The predicted molar refractivity (Wildman–Crippen MR) is 127 cm³/mol. The third kappa shape index (κ3) is 8.70. The van der Waals surface area contributed by atoms with Crippen LogP contribution in [0.1, 0.15) is 59.1 Å². The number of hydrogen-bond acceptors (Lipinski definition) is 4. The number of rotatable bonds is 6. The fourth-order valence-corrected chi connectivity index (χ4v) is 4.56. The fraction of sp³-hybridized carbons (Fsp3) is 0.583. The Morgan fingerprint density at radius 3 is 2.11 bits per heavy atom. The maximum absolute atomic E-state index is 13.6. The topological polar surface area (TPSA) is 55.8 Å². The van der Waals surface area contributed by atoms with Crippen molar-refractivity contribution in [3.05, 3.63) is 35.9 Å². The van der Waals surface area contributed by atoms with Crippen LogP contribution in [0.3, 0.4) is 0 Å². The zero-order valence-electron chi connectivity index (χ0n) is 20.9. The minimum atomic E-state index is -9.97. The van der Waals surface area contributed by atoms with Crippen LogP contribution in [0.15, 0.2) is 29.7 Å². The molecule has 1 heterocycles. The molecule has 0 aromatic heterocycles. The molecule has 0 spiro atoms. The number of esters is 1. The van der Waals surface area contributed by atoms with Crippen molar-refractivity contribution in [3.63, 3.8) is 0 Å². The molecule has 5 nitrogen and oxygen atoms in total. The second kappa shape index (κ2) is 8.67. The molecule has 0 saturated carbocycles. The molecule has 200 valence electrons. The Labute approximate surface area is 203 Å². The number of ether oxygens (including phenoxy) is 2. The monoisotopic (exact) mass is 527 g/mol. The number of nitrogens with zero attached hydrogens (tertiary/aromatic N) is 1. The maximum atomic E-state index is 13.6. The molecule has 11 heteroatoms. The van der Waals surface area contributed by atoms with E-state index in [0.29, 0.717) is 18.6 Å². The van der Waals surface area contributed by atoms with E-state index >= 15 is 0 Å². The Morgan fingerprint density at radius 2 is 1.63 bits per heavy atom. The van der Waals surface area contributed by atoms with Crippen LogP contribution in [0.2, 0.25) is 0 Å². The lowest BCUT2D eigenvalue weighted by Gasteiger charge is -2.41. The summed E-state index contributed by atoms with van der Waals surface area (Å²) in [6, 6.07) is 2.02. The summed E-state index contributed by atoms with van der Waals surface area (Å²) in [5.41, 5.74) is -1.85. The van der Waals surface area contributed by atoms with Crippen LogP contribution < -0.4 is 0 Å². The molecule has 1 aromatic rings. The molecular formula is C24H34F5NO4S. The minimum absolute atomic E-state index is 0.0998. The SMILES string of the molecule is C=Cc1cc(C[C@H](C(=O)OC(C)(C)C)[C@H]2CCN(C(=O)OC(C)(C)C)C2)cc(S(F)(F)(F)(F)F)c1. The average molecular weight is 528 g/mol. The number of hydrogen-bond donors (Lipinski definition) is 0. The van der Waals surface area contributed by atoms with Crippen LogP contribution in [0.25, 0.3) is 6.08 Å². The summed E-state index contributed by atoms with van der Waals surface area (Å²) >= 11 is 0. The Kier molecular flexibility index (Phi) is 7.17. The minimum Gasteiger partial charge on any atom is -0.460 e. The summed E-state index contributed by atoms with van der Waals surface area (Å²) in [6.07, 6.45) is 0.571. The highest BCUT2D eigenvalue weighted by molar-refractivity contribution is 8.45. The maximum Gasteiger partial charge on any atom is 0.410 e. The Bertz CT molecular complexity index is 997. The summed E-state index contributed by atoms with van der Waals surface area (Å²) in [7, 11) is -9.97. The van der Waals surface area contributed by atoms with Gasteiger partial charge in [0.25, 0.3) is 0 Å². The lowest BCUT2D eigenvalue weighted by molar-refractivity contribution is -0.162. The van der Waals surface area contributed by atoms with E-state index in [1.807, 2.05) is 0 Å². The van der Waals surface area contributed by atoms with Gasteiger partial charge in [0, 0.05) is 13.1 Å². The molecule has 2 atom stereocenters. The third-order valence-corrected chi connectivity index (χ3v) is 6.41. The van der Waals surface area contributed by atoms with E-state index in [9.17, 15) is 29.0 Å². The lowest BCUT2D eigenvalue weighted by Crippen LogP contribution is -2.38. The zero-order chi connectivity index (χ0) is 27.1. The number of carbonyl (C=O) groups is 2. The molecule has 1 fully saturated rings. The van der Waals surface area contributed by atoms with Crippen molar-refractivity contribution in [2.75, 3.05) is 13.1 Å². The molecule has 1 aliphatic rings. The van der Waals surface area contributed by atoms with Gasteiger partial charge in [-0.2, -0.15) is 0 Å². The summed E-state index contributed by atoms with van der Waals surface area (Å²) in [6.45, 7) is 13.9. The molecular weight excluding hydrogens is 493 g/mol. The standard InChI is InChI=1S/C24H34F5NO4S/c1-8-16-11-17(13-19(12-16)35(25,26,27,28)29)14-20(21(31)33-23(2,3)4)18-9-10-30(15-18)22(32)34-24(5,6)7/h8,11-13,18,20H,1,9-10,14-15H2,2-7H3/t18-,20-/m0/s1. The van der Waals surface area contributed by atoms with Crippen LogP contribution in [-0.4, -0.2) is 41.3 Å². The largest absolute Gasteiger partial charge is 0.460 e. The van der Waals surface area contributed by atoms with E-state index < -0.39 is 50.2 Å². The van der Waals surface area contributed by atoms with E-state index in [2.05, 4.69) is 6.58 Å². The summed E-state index contributed by atoms with van der Waals surface area (Å²) < 4.78 is 78.6. The van der Waals surface area contributed by atoms with Gasteiger partial charge in [0.2, 0.25) is 0 Å². The molecule has 1 aromatic carbocycles. The van der Waals surface area contributed by atoms with Gasteiger partial charge in [-0.25, -0.2) is 4.79 Å². The predicted octanol–water partition coefficient (Wildman–Crippen LogP) is 7.74. The Morgan fingerprint density at radius 1 is 1.06 bits per heavy atom. The second-order valence-electron chi connectivity index (χ2n) is 10.9. The number of amides is 1. The summed E-state index contributed by atoms with van der Waals surface area (Å²) in [5.74, 6) is -2.10. The first-order valence-electron chi connectivity index (χ1n) is 11.2. The first kappa shape index (κ1) is 28.9. The lowest BCUT2D eigenvalue weighted by atomic mass is 9.85. The second-order valence-corrected chi connectivity index (χ2v) is 13.3. The highest BCUT2D eigenvalue weighted by atomic mass is 32.5. The molecule has 0 radical (unpaired) electrons. The molecule has 35 heavy (non-hydrogen) atoms. The van der Waals surface area contributed by atoms with Crippen LogP contribution in [0.5, 0.6) is 0 Å². The number of carbonyl (C=O) groups excluding carboxylic acids is 2. The van der Waals surface area contributed by atoms with Gasteiger partial charge in [-0.1, -0.05) is 38.2 Å². The average Bonchev–Trinajstić information content (AvgIpc) is 3.11. The van der Waals surface area contributed by atoms with Crippen molar-refractivity contribution in [3.8, 4) is 0 Å². The van der Waals surface area contributed by atoms with Gasteiger partial charge in [-0.3, -0.25) is 4.79 Å². The van der Waals surface area contributed by atoms with Crippen molar-refractivity contribution in [1.82, 2.24) is 4.90 Å². The van der Waals surface area contributed by atoms with Gasteiger partial charge < -0.3 is 14.4 Å².